The van der Waals surface area contributed by atoms with E-state index in [1.54, 1.807) is 6.07 Å². The molecule has 0 aromatic carbocycles. The van der Waals surface area contributed by atoms with Crippen LogP contribution in [0.4, 0.5) is 0 Å². The second-order valence-corrected chi connectivity index (χ2v) is 3.85. The molecule has 0 aliphatic heterocycles. The fraction of sp³-hybridized carbons (Fsp3) is 0.308. The molecule has 2 amide bonds. The summed E-state index contributed by atoms with van der Waals surface area (Å²) in [5.41, 5.74) is 0. The van der Waals surface area contributed by atoms with Gasteiger partial charge in [-0.1, -0.05) is 0 Å². The number of furan rings is 1. The predicted octanol–water partition coefficient (Wildman–Crippen LogP) is -0.00780. The van der Waals surface area contributed by atoms with Crippen LogP contribution in [0.15, 0.2) is 22.8 Å². The smallest absolute Gasteiger partial charge is 0.327 e. The van der Waals surface area contributed by atoms with Gasteiger partial charge >= 0.3 is 5.97 Å². The highest BCUT2D eigenvalue weighted by Gasteiger charge is 2.18. The highest BCUT2D eigenvalue weighted by molar-refractivity contribution is 5.91. The van der Waals surface area contributed by atoms with Crippen LogP contribution in [-0.4, -0.2) is 35.5 Å². The largest absolute Gasteiger partial charge is 0.480 e. The highest BCUT2D eigenvalue weighted by Crippen LogP contribution is 1.99. The summed E-state index contributed by atoms with van der Waals surface area (Å²) in [6, 6.07) is 1.94. The van der Waals surface area contributed by atoms with Crippen molar-refractivity contribution < 1.29 is 23.9 Å². The number of carbonyl (C=O) groups excluding carboxylic acids is 2. The summed E-state index contributed by atoms with van der Waals surface area (Å²) in [7, 11) is 0. The van der Waals surface area contributed by atoms with Crippen LogP contribution in [0.25, 0.3) is 0 Å². The van der Waals surface area contributed by atoms with Gasteiger partial charge in [0.1, 0.15) is 6.04 Å². The summed E-state index contributed by atoms with van der Waals surface area (Å²) in [4.78, 5) is 33.7. The number of carboxylic acid groups (broad SMARTS) is 1. The molecule has 0 spiro atoms. The SMILES string of the molecule is C#CCC(NC(=O)CCNC(=O)c1ccco1)C(=O)O. The number of hydrogen-bond donors (Lipinski definition) is 3. The van der Waals surface area contributed by atoms with Crippen molar-refractivity contribution in [2.45, 2.75) is 18.9 Å². The molecule has 1 aromatic heterocycles. The summed E-state index contributed by atoms with van der Waals surface area (Å²) >= 11 is 0. The van der Waals surface area contributed by atoms with Crippen LogP contribution in [-0.2, 0) is 9.59 Å². The van der Waals surface area contributed by atoms with Crippen molar-refractivity contribution >= 4 is 17.8 Å². The lowest BCUT2D eigenvalue weighted by molar-refractivity contribution is -0.141. The second kappa shape index (κ2) is 7.63. The van der Waals surface area contributed by atoms with Crippen molar-refractivity contribution in [2.75, 3.05) is 6.54 Å². The standard InChI is InChI=1S/C13H14N2O5/c1-2-4-9(13(18)19)15-11(16)6-7-14-12(17)10-5-3-8-20-10/h1,3,5,8-9H,4,6-7H2,(H,14,17)(H,15,16)(H,18,19). The minimum absolute atomic E-state index is 0.0548. The van der Waals surface area contributed by atoms with E-state index in [0.717, 1.165) is 0 Å². The molecule has 7 heteroatoms. The Labute approximate surface area is 115 Å². The summed E-state index contributed by atoms with van der Waals surface area (Å²) in [6.45, 7) is 0.0633. The Bertz CT molecular complexity index is 515. The summed E-state index contributed by atoms with van der Waals surface area (Å²) in [5.74, 6) is 0.161. The van der Waals surface area contributed by atoms with Gasteiger partial charge in [0.25, 0.3) is 5.91 Å². The van der Waals surface area contributed by atoms with E-state index >= 15 is 0 Å². The molecule has 0 aliphatic carbocycles. The van der Waals surface area contributed by atoms with E-state index < -0.39 is 23.8 Å². The number of nitrogens with one attached hydrogen (secondary N) is 2. The van der Waals surface area contributed by atoms with Crippen LogP contribution in [0.1, 0.15) is 23.4 Å². The lowest BCUT2D eigenvalue weighted by Gasteiger charge is -2.11. The number of carbonyl (C=O) groups is 3. The van der Waals surface area contributed by atoms with Gasteiger partial charge in [0, 0.05) is 19.4 Å². The second-order valence-electron chi connectivity index (χ2n) is 3.85. The van der Waals surface area contributed by atoms with Gasteiger partial charge < -0.3 is 20.2 Å². The Morgan fingerprint density at radius 2 is 2.20 bits per heavy atom. The van der Waals surface area contributed by atoms with Crippen LogP contribution in [0, 0.1) is 12.3 Å². The molecule has 0 saturated carbocycles. The average Bonchev–Trinajstić information content (AvgIpc) is 2.91. The quantitative estimate of drug-likeness (QED) is 0.608. The Morgan fingerprint density at radius 3 is 2.75 bits per heavy atom. The average molecular weight is 278 g/mol. The molecule has 0 bridgehead atoms. The zero-order valence-electron chi connectivity index (χ0n) is 10.6. The molecule has 0 radical (unpaired) electrons. The third kappa shape index (κ3) is 4.86. The Balaban J connectivity index is 2.31. The number of rotatable bonds is 7. The maximum atomic E-state index is 11.5. The molecule has 0 saturated heterocycles. The van der Waals surface area contributed by atoms with Crippen LogP contribution < -0.4 is 10.6 Å². The fourth-order valence-electron chi connectivity index (χ4n) is 1.37. The van der Waals surface area contributed by atoms with Crippen molar-refractivity contribution in [1.82, 2.24) is 10.6 Å². The summed E-state index contributed by atoms with van der Waals surface area (Å²) < 4.78 is 4.87. The topological polar surface area (TPSA) is 109 Å². The Kier molecular flexibility index (Phi) is 5.84. The Morgan fingerprint density at radius 1 is 1.45 bits per heavy atom. The van der Waals surface area contributed by atoms with Gasteiger partial charge in [-0.3, -0.25) is 9.59 Å². The van der Waals surface area contributed by atoms with Crippen molar-refractivity contribution in [3.05, 3.63) is 24.2 Å². The van der Waals surface area contributed by atoms with E-state index in [9.17, 15) is 14.4 Å². The van der Waals surface area contributed by atoms with E-state index in [1.807, 2.05) is 0 Å². The van der Waals surface area contributed by atoms with Crippen molar-refractivity contribution in [3.8, 4) is 12.3 Å². The van der Waals surface area contributed by atoms with Gasteiger partial charge in [0.15, 0.2) is 5.76 Å². The number of terminal acetylenes is 1. The molecule has 1 atom stereocenters. The minimum Gasteiger partial charge on any atom is -0.480 e. The van der Waals surface area contributed by atoms with Gasteiger partial charge in [0.2, 0.25) is 5.91 Å². The molecule has 0 aliphatic rings. The number of hydrogen-bond acceptors (Lipinski definition) is 4. The third-order valence-electron chi connectivity index (χ3n) is 2.34. The molecule has 106 valence electrons. The van der Waals surface area contributed by atoms with E-state index in [4.69, 9.17) is 15.9 Å². The van der Waals surface area contributed by atoms with Gasteiger partial charge in [-0.2, -0.15) is 0 Å². The van der Waals surface area contributed by atoms with Crippen LogP contribution >= 0.6 is 0 Å². The molecule has 1 aromatic rings. The fourth-order valence-corrected chi connectivity index (χ4v) is 1.37. The summed E-state index contributed by atoms with van der Waals surface area (Å²) in [5, 5.41) is 13.5. The van der Waals surface area contributed by atoms with E-state index in [1.165, 1.54) is 12.3 Å². The zero-order chi connectivity index (χ0) is 15.0. The van der Waals surface area contributed by atoms with Gasteiger partial charge in [0.05, 0.1) is 6.26 Å². The van der Waals surface area contributed by atoms with Crippen molar-refractivity contribution in [2.24, 2.45) is 0 Å². The van der Waals surface area contributed by atoms with Crippen molar-refractivity contribution in [1.29, 1.82) is 0 Å². The molecule has 3 N–H and O–H groups in total. The molecular formula is C13H14N2O5. The first-order chi connectivity index (χ1) is 9.54. The predicted molar refractivity (Wildman–Crippen MR) is 68.7 cm³/mol. The maximum Gasteiger partial charge on any atom is 0.327 e. The van der Waals surface area contributed by atoms with Gasteiger partial charge in [-0.15, -0.1) is 12.3 Å². The van der Waals surface area contributed by atoms with Crippen LogP contribution in [0.5, 0.6) is 0 Å². The van der Waals surface area contributed by atoms with E-state index in [0.29, 0.717) is 0 Å². The zero-order valence-corrected chi connectivity index (χ0v) is 10.6. The molecule has 20 heavy (non-hydrogen) atoms. The number of aliphatic carboxylic acids is 1. The monoisotopic (exact) mass is 278 g/mol. The van der Waals surface area contributed by atoms with Crippen LogP contribution in [0.3, 0.4) is 0 Å². The molecule has 7 nitrogen and oxygen atoms in total. The molecular weight excluding hydrogens is 264 g/mol. The lowest BCUT2D eigenvalue weighted by atomic mass is 10.2. The molecule has 1 unspecified atom stereocenters. The summed E-state index contributed by atoms with van der Waals surface area (Å²) in [6.07, 6.45) is 6.21. The third-order valence-corrected chi connectivity index (χ3v) is 2.34. The van der Waals surface area contributed by atoms with Crippen LogP contribution in [0.2, 0.25) is 0 Å². The van der Waals surface area contributed by atoms with E-state index in [-0.39, 0.29) is 25.1 Å². The first-order valence-corrected chi connectivity index (χ1v) is 5.82. The first kappa shape index (κ1) is 15.3. The lowest BCUT2D eigenvalue weighted by Crippen LogP contribution is -2.41. The Hall–Kier alpha value is -2.75. The molecule has 0 fully saturated rings. The van der Waals surface area contributed by atoms with Crippen molar-refractivity contribution in [3.63, 3.8) is 0 Å². The molecule has 1 rings (SSSR count). The highest BCUT2D eigenvalue weighted by atomic mass is 16.4. The first-order valence-electron chi connectivity index (χ1n) is 5.82. The van der Waals surface area contributed by atoms with E-state index in [2.05, 4.69) is 16.6 Å². The number of amides is 2. The van der Waals surface area contributed by atoms with Gasteiger partial charge in [-0.25, -0.2) is 4.79 Å². The maximum absolute atomic E-state index is 11.5. The minimum atomic E-state index is -1.20. The number of carboxylic acids is 1. The normalized spacial score (nSPS) is 11.2. The van der Waals surface area contributed by atoms with Gasteiger partial charge in [-0.05, 0) is 12.1 Å². The molecule has 1 heterocycles.